The molecule has 0 bridgehead atoms. The van der Waals surface area contributed by atoms with Crippen LogP contribution in [0.5, 0.6) is 0 Å². The van der Waals surface area contributed by atoms with Crippen molar-refractivity contribution in [3.8, 4) is 0 Å². The Labute approximate surface area is 67.5 Å². The highest BCUT2D eigenvalue weighted by Gasteiger charge is 2.29. The zero-order valence-electron chi connectivity index (χ0n) is 7.26. The quantitative estimate of drug-likeness (QED) is 0.602. The zero-order valence-corrected chi connectivity index (χ0v) is 7.26. The number of nitrogens with zero attached hydrogens (tertiary/aromatic N) is 1. The van der Waals surface area contributed by atoms with Crippen LogP contribution in [0.25, 0.3) is 0 Å². The van der Waals surface area contributed by atoms with Gasteiger partial charge in [0.05, 0.1) is 6.67 Å². The van der Waals surface area contributed by atoms with Gasteiger partial charge in [-0.05, 0) is 11.8 Å². The molecule has 0 radical (unpaired) electrons. The van der Waals surface area contributed by atoms with E-state index < -0.39 is 0 Å². The first-order valence-electron chi connectivity index (χ1n) is 4.03. The Bertz CT molecular complexity index is 165. The number of likely N-dealkylation sites (tertiary alicyclic amines) is 1. The first kappa shape index (κ1) is 8.53. The van der Waals surface area contributed by atoms with Crippen molar-refractivity contribution in [2.45, 2.75) is 26.7 Å². The Balaban J connectivity index is 2.58. The molecule has 11 heavy (non-hydrogen) atoms. The van der Waals surface area contributed by atoms with Gasteiger partial charge in [-0.3, -0.25) is 4.79 Å². The predicted molar refractivity (Wildman–Crippen MR) is 43.8 cm³/mol. The van der Waals surface area contributed by atoms with Crippen molar-refractivity contribution in [1.29, 1.82) is 0 Å². The summed E-state index contributed by atoms with van der Waals surface area (Å²) in [7, 11) is 0. The molecular weight excluding hydrogens is 140 g/mol. The molecule has 0 saturated carbocycles. The van der Waals surface area contributed by atoms with Gasteiger partial charge >= 0.3 is 0 Å². The van der Waals surface area contributed by atoms with Gasteiger partial charge in [0.25, 0.3) is 0 Å². The molecule has 0 spiro atoms. The summed E-state index contributed by atoms with van der Waals surface area (Å²) in [5.41, 5.74) is 5.68. The molecule has 1 heterocycles. The van der Waals surface area contributed by atoms with Crippen molar-refractivity contribution in [2.75, 3.05) is 13.2 Å². The lowest BCUT2D eigenvalue weighted by Crippen LogP contribution is -2.46. The van der Waals surface area contributed by atoms with Crippen molar-refractivity contribution in [3.63, 3.8) is 0 Å². The van der Waals surface area contributed by atoms with Crippen molar-refractivity contribution < 1.29 is 4.79 Å². The van der Waals surface area contributed by atoms with Crippen molar-refractivity contribution in [1.82, 2.24) is 4.90 Å². The van der Waals surface area contributed by atoms with Gasteiger partial charge in [-0.15, -0.1) is 0 Å². The summed E-state index contributed by atoms with van der Waals surface area (Å²) in [4.78, 5) is 12.9. The molecule has 0 aromatic rings. The summed E-state index contributed by atoms with van der Waals surface area (Å²) in [5.74, 6) is 0.201. The largest absolute Gasteiger partial charge is 0.330 e. The Kier molecular flexibility index (Phi) is 2.18. The fraction of sp³-hybridized carbons (Fsp3) is 0.875. The van der Waals surface area contributed by atoms with Crippen LogP contribution in [0.15, 0.2) is 0 Å². The summed E-state index contributed by atoms with van der Waals surface area (Å²) in [6, 6.07) is 0. The van der Waals surface area contributed by atoms with Crippen LogP contribution in [0.3, 0.4) is 0 Å². The van der Waals surface area contributed by atoms with Crippen molar-refractivity contribution >= 4 is 5.91 Å². The van der Waals surface area contributed by atoms with Crippen LogP contribution < -0.4 is 5.73 Å². The number of carbonyl (C=O) groups is 1. The Morgan fingerprint density at radius 1 is 1.64 bits per heavy atom. The van der Waals surface area contributed by atoms with E-state index in [2.05, 4.69) is 13.8 Å². The molecule has 1 amide bonds. The van der Waals surface area contributed by atoms with E-state index in [4.69, 9.17) is 5.73 Å². The minimum absolute atomic E-state index is 0.201. The van der Waals surface area contributed by atoms with Crippen LogP contribution in [0.2, 0.25) is 0 Å². The van der Waals surface area contributed by atoms with Gasteiger partial charge in [-0.25, -0.2) is 0 Å². The van der Waals surface area contributed by atoms with E-state index in [1.54, 1.807) is 4.90 Å². The Hall–Kier alpha value is -0.570. The van der Waals surface area contributed by atoms with Gasteiger partial charge in [0, 0.05) is 13.0 Å². The van der Waals surface area contributed by atoms with Crippen LogP contribution in [0, 0.1) is 5.41 Å². The maximum absolute atomic E-state index is 11.2. The Morgan fingerprint density at radius 2 is 2.27 bits per heavy atom. The van der Waals surface area contributed by atoms with Crippen LogP contribution in [0.4, 0.5) is 0 Å². The number of amides is 1. The molecule has 0 aliphatic carbocycles. The summed E-state index contributed by atoms with van der Waals surface area (Å²) in [6.45, 7) is 5.51. The highest BCUT2D eigenvalue weighted by Crippen LogP contribution is 2.28. The second-order valence-electron chi connectivity index (χ2n) is 3.94. The number of hydrogen-bond donors (Lipinski definition) is 1. The predicted octanol–water partition coefficient (Wildman–Crippen LogP) is 0.551. The van der Waals surface area contributed by atoms with Crippen LogP contribution in [0.1, 0.15) is 26.7 Å². The smallest absolute Gasteiger partial charge is 0.223 e. The molecule has 0 atom stereocenters. The van der Waals surface area contributed by atoms with Gasteiger partial charge in [0.15, 0.2) is 0 Å². The maximum Gasteiger partial charge on any atom is 0.223 e. The molecule has 3 nitrogen and oxygen atoms in total. The summed E-state index contributed by atoms with van der Waals surface area (Å²) < 4.78 is 0. The lowest BCUT2D eigenvalue weighted by molar-refractivity contribution is -0.136. The highest BCUT2D eigenvalue weighted by atomic mass is 16.2. The number of rotatable bonds is 1. The van der Waals surface area contributed by atoms with E-state index in [-0.39, 0.29) is 11.3 Å². The lowest BCUT2D eigenvalue weighted by atomic mass is 9.84. The third kappa shape index (κ3) is 1.93. The molecule has 1 saturated heterocycles. The molecule has 0 aromatic heterocycles. The van der Waals surface area contributed by atoms with Gasteiger partial charge < -0.3 is 10.6 Å². The van der Waals surface area contributed by atoms with E-state index in [9.17, 15) is 4.79 Å². The van der Waals surface area contributed by atoms with E-state index in [0.29, 0.717) is 13.1 Å². The Morgan fingerprint density at radius 3 is 2.73 bits per heavy atom. The van der Waals surface area contributed by atoms with Gasteiger partial charge in [0.2, 0.25) is 5.91 Å². The van der Waals surface area contributed by atoms with Crippen molar-refractivity contribution in [3.05, 3.63) is 0 Å². The molecule has 1 aliphatic rings. The molecule has 2 N–H and O–H groups in total. The number of piperidine rings is 1. The van der Waals surface area contributed by atoms with Crippen molar-refractivity contribution in [2.24, 2.45) is 11.1 Å². The van der Waals surface area contributed by atoms with Gasteiger partial charge in [-0.1, -0.05) is 13.8 Å². The average molecular weight is 156 g/mol. The van der Waals surface area contributed by atoms with Gasteiger partial charge in [0.1, 0.15) is 0 Å². The second kappa shape index (κ2) is 2.81. The second-order valence-corrected chi connectivity index (χ2v) is 3.94. The van der Waals surface area contributed by atoms with E-state index in [1.807, 2.05) is 0 Å². The topological polar surface area (TPSA) is 46.3 Å². The SMILES string of the molecule is CC1(C)CCC(=O)N(CN)C1. The normalized spacial score (nSPS) is 23.9. The number of nitrogens with two attached hydrogens (primary N) is 1. The van der Waals surface area contributed by atoms with E-state index in [1.165, 1.54) is 0 Å². The van der Waals surface area contributed by atoms with Crippen LogP contribution in [-0.4, -0.2) is 24.0 Å². The summed E-state index contributed by atoms with van der Waals surface area (Å²) in [5, 5.41) is 0. The van der Waals surface area contributed by atoms with Crippen LogP contribution in [-0.2, 0) is 4.79 Å². The van der Waals surface area contributed by atoms with Gasteiger partial charge in [-0.2, -0.15) is 0 Å². The number of hydrogen-bond acceptors (Lipinski definition) is 2. The minimum atomic E-state index is 0.201. The van der Waals surface area contributed by atoms with E-state index in [0.717, 1.165) is 13.0 Å². The fourth-order valence-corrected chi connectivity index (χ4v) is 1.45. The third-order valence-electron chi connectivity index (χ3n) is 2.21. The molecule has 1 fully saturated rings. The molecule has 64 valence electrons. The van der Waals surface area contributed by atoms with E-state index >= 15 is 0 Å². The molecule has 3 heteroatoms. The maximum atomic E-state index is 11.2. The molecule has 0 unspecified atom stereocenters. The molecular formula is C8H16N2O. The number of carbonyl (C=O) groups excluding carboxylic acids is 1. The highest BCUT2D eigenvalue weighted by molar-refractivity contribution is 5.77. The molecule has 1 aliphatic heterocycles. The van der Waals surface area contributed by atoms with Crippen LogP contribution >= 0.6 is 0 Å². The summed E-state index contributed by atoms with van der Waals surface area (Å²) in [6.07, 6.45) is 1.65. The standard InChI is InChI=1S/C8H16N2O/c1-8(2)4-3-7(11)10(5-8)6-9/h3-6,9H2,1-2H3. The summed E-state index contributed by atoms with van der Waals surface area (Å²) >= 11 is 0. The lowest BCUT2D eigenvalue weighted by Gasteiger charge is -2.36. The molecule has 0 aromatic carbocycles. The monoisotopic (exact) mass is 156 g/mol. The fourth-order valence-electron chi connectivity index (χ4n) is 1.45. The minimum Gasteiger partial charge on any atom is -0.330 e. The first-order valence-corrected chi connectivity index (χ1v) is 4.03. The zero-order chi connectivity index (χ0) is 8.48. The molecule has 1 rings (SSSR count). The average Bonchev–Trinajstić information content (AvgIpc) is 1.94. The third-order valence-corrected chi connectivity index (χ3v) is 2.21. The first-order chi connectivity index (χ1) is 5.05.